The van der Waals surface area contributed by atoms with Crippen molar-refractivity contribution in [2.24, 2.45) is 21.5 Å². The molecule has 1 spiro atoms. The molecule has 2 fully saturated rings. The highest BCUT2D eigenvalue weighted by molar-refractivity contribution is 6.12. The van der Waals surface area contributed by atoms with Gasteiger partial charge in [0.15, 0.2) is 17.6 Å². The Balaban J connectivity index is 1.30. The molecule has 4 amide bonds. The Labute approximate surface area is 254 Å². The number of rotatable bonds is 5. The minimum atomic E-state index is -2.67. The number of guanidine groups is 2. The van der Waals surface area contributed by atoms with Crippen LogP contribution in [-0.4, -0.2) is 99.0 Å². The van der Waals surface area contributed by atoms with Crippen LogP contribution in [0.15, 0.2) is 58.5 Å². The number of nitrogens with two attached hydrogens (primary N) is 2. The van der Waals surface area contributed by atoms with Crippen molar-refractivity contribution in [1.82, 2.24) is 20.4 Å². The molecule has 2 aromatic carbocycles. The highest BCUT2D eigenvalue weighted by Crippen LogP contribution is 2.45. The zero-order valence-electron chi connectivity index (χ0n) is 25.0. The van der Waals surface area contributed by atoms with Gasteiger partial charge in [0.1, 0.15) is 18.6 Å². The van der Waals surface area contributed by atoms with E-state index in [4.69, 9.17) is 11.5 Å². The number of benzene rings is 2. The van der Waals surface area contributed by atoms with Gasteiger partial charge in [-0.2, -0.15) is 0 Å². The lowest BCUT2D eigenvalue weighted by Gasteiger charge is -2.49. The lowest BCUT2D eigenvalue weighted by atomic mass is 9.80. The monoisotopic (exact) mass is 603 g/mol. The Morgan fingerprint density at radius 1 is 1.09 bits per heavy atom. The van der Waals surface area contributed by atoms with Gasteiger partial charge in [0.05, 0.1) is 12.6 Å². The average Bonchev–Trinajstić information content (AvgIpc) is 3.53. The van der Waals surface area contributed by atoms with Gasteiger partial charge in [-0.25, -0.2) is 14.8 Å². The van der Waals surface area contributed by atoms with Crippen LogP contribution in [0.3, 0.4) is 0 Å². The number of hydrogen-bond acceptors (Lipinski definition) is 11. The number of nitrogens with one attached hydrogen (secondary N) is 2. The van der Waals surface area contributed by atoms with Crippen molar-refractivity contribution in [2.45, 2.75) is 62.7 Å². The summed E-state index contributed by atoms with van der Waals surface area (Å²) in [6, 6.07) is 10.3. The second-order valence-electron chi connectivity index (χ2n) is 12.7. The minimum absolute atomic E-state index is 0.0854. The quantitative estimate of drug-likeness (QED) is 0.193. The molecule has 8 N–H and O–H groups in total. The SMILES string of the molecule is Cc1cccc(C(=O)NC2CN3C(N)=N[C@@H](CN4C(=O)CN(c5ccccc5)C4=O)[C@@H]4N=C(N)NC43C2(O)O)c1C(C)(C)C. The maximum Gasteiger partial charge on any atom is 0.331 e. The smallest absolute Gasteiger partial charge is 0.331 e. The van der Waals surface area contributed by atoms with Crippen molar-refractivity contribution >= 4 is 35.5 Å². The Bertz CT molecular complexity index is 1600. The van der Waals surface area contributed by atoms with Gasteiger partial charge in [0, 0.05) is 17.8 Å². The third-order valence-corrected chi connectivity index (χ3v) is 8.87. The molecule has 4 heterocycles. The van der Waals surface area contributed by atoms with E-state index >= 15 is 0 Å². The van der Waals surface area contributed by atoms with E-state index in [-0.39, 0.29) is 37.0 Å². The van der Waals surface area contributed by atoms with E-state index in [9.17, 15) is 24.6 Å². The molecule has 232 valence electrons. The molecule has 0 radical (unpaired) electrons. The molecule has 4 aliphatic heterocycles. The van der Waals surface area contributed by atoms with E-state index in [1.165, 1.54) is 9.80 Å². The molecule has 2 aromatic rings. The van der Waals surface area contributed by atoms with Crippen molar-refractivity contribution in [3.8, 4) is 0 Å². The molecular formula is C30H37N9O5. The molecule has 0 aromatic heterocycles. The first-order valence-corrected chi connectivity index (χ1v) is 14.4. The number of aryl methyl sites for hydroxylation is 1. The highest BCUT2D eigenvalue weighted by Gasteiger charge is 2.73. The van der Waals surface area contributed by atoms with Crippen molar-refractivity contribution in [3.63, 3.8) is 0 Å². The summed E-state index contributed by atoms with van der Waals surface area (Å²) in [7, 11) is 0. The summed E-state index contributed by atoms with van der Waals surface area (Å²) >= 11 is 0. The van der Waals surface area contributed by atoms with Crippen LogP contribution < -0.4 is 27.0 Å². The number of anilines is 1. The van der Waals surface area contributed by atoms with Crippen molar-refractivity contribution in [3.05, 3.63) is 65.2 Å². The molecule has 2 unspecified atom stereocenters. The number of para-hydroxylation sites is 1. The lowest BCUT2D eigenvalue weighted by Crippen LogP contribution is -2.78. The first-order chi connectivity index (χ1) is 20.7. The standard InChI is InChI=1S/C30H37N9O5/c1-16-9-8-12-18(22(16)28(2,3)4)24(41)34-20-14-39-26(32)33-19(23-29(39,30(20,43)44)36-25(31)35-23)13-38-21(40)15-37(27(38)42)17-10-6-5-7-11-17/h5-12,19-20,23,43-44H,13-15H2,1-4H3,(H2,32,33)(H,34,41)(H3,31,35,36)/t19-,20?,23-,29?/m0/s1. The molecule has 4 atom stereocenters. The number of hydrogen-bond donors (Lipinski definition) is 6. The molecule has 14 heteroatoms. The molecule has 44 heavy (non-hydrogen) atoms. The number of amides is 4. The molecule has 0 bridgehead atoms. The average molecular weight is 604 g/mol. The second kappa shape index (κ2) is 9.92. The van der Waals surface area contributed by atoms with Gasteiger partial charge in [0.2, 0.25) is 5.79 Å². The Kier molecular flexibility index (Phi) is 6.63. The normalized spacial score (nSPS) is 27.5. The van der Waals surface area contributed by atoms with Gasteiger partial charge >= 0.3 is 6.03 Å². The molecule has 4 aliphatic rings. The van der Waals surface area contributed by atoms with Crippen molar-refractivity contribution < 1.29 is 24.6 Å². The Morgan fingerprint density at radius 2 is 1.80 bits per heavy atom. The van der Waals surface area contributed by atoms with Crippen LogP contribution in [-0.2, 0) is 10.2 Å². The van der Waals surface area contributed by atoms with Crippen LogP contribution in [0.5, 0.6) is 0 Å². The predicted molar refractivity (Wildman–Crippen MR) is 163 cm³/mol. The lowest BCUT2D eigenvalue weighted by molar-refractivity contribution is -0.230. The third kappa shape index (κ3) is 4.27. The van der Waals surface area contributed by atoms with E-state index in [0.29, 0.717) is 11.3 Å². The van der Waals surface area contributed by atoms with Crippen LogP contribution in [0.25, 0.3) is 0 Å². The van der Waals surface area contributed by atoms with Crippen LogP contribution in [0.2, 0.25) is 0 Å². The van der Waals surface area contributed by atoms with Gasteiger partial charge in [-0.1, -0.05) is 51.1 Å². The third-order valence-electron chi connectivity index (χ3n) is 8.87. The summed E-state index contributed by atoms with van der Waals surface area (Å²) in [6.45, 7) is 7.41. The van der Waals surface area contributed by atoms with Gasteiger partial charge in [-0.15, -0.1) is 0 Å². The van der Waals surface area contributed by atoms with Crippen LogP contribution in [0.4, 0.5) is 10.5 Å². The topological polar surface area (TPSA) is 202 Å². The fourth-order valence-electron chi connectivity index (χ4n) is 7.04. The summed E-state index contributed by atoms with van der Waals surface area (Å²) < 4.78 is 0. The number of carbonyl (C=O) groups is 3. The van der Waals surface area contributed by atoms with Gasteiger partial charge in [-0.05, 0) is 41.7 Å². The predicted octanol–water partition coefficient (Wildman–Crippen LogP) is -0.464. The van der Waals surface area contributed by atoms with E-state index in [1.807, 2.05) is 39.8 Å². The number of aliphatic imine (C=N–C) groups is 2. The molecule has 14 nitrogen and oxygen atoms in total. The first kappa shape index (κ1) is 29.4. The molecular weight excluding hydrogens is 566 g/mol. The number of carbonyl (C=O) groups excluding carboxylic acids is 3. The zero-order chi connectivity index (χ0) is 31.8. The van der Waals surface area contributed by atoms with E-state index < -0.39 is 47.4 Å². The summed E-state index contributed by atoms with van der Waals surface area (Å²) in [5.41, 5.74) is 13.1. The molecule has 2 saturated heterocycles. The maximum absolute atomic E-state index is 13.7. The largest absolute Gasteiger partial charge is 0.370 e. The van der Waals surface area contributed by atoms with Crippen molar-refractivity contribution in [2.75, 3.05) is 24.5 Å². The number of urea groups is 1. The number of nitrogens with zero attached hydrogens (tertiary/aromatic N) is 5. The molecule has 6 rings (SSSR count). The Morgan fingerprint density at radius 3 is 2.48 bits per heavy atom. The minimum Gasteiger partial charge on any atom is -0.370 e. The fourth-order valence-corrected chi connectivity index (χ4v) is 7.04. The van der Waals surface area contributed by atoms with E-state index in [2.05, 4.69) is 20.6 Å². The van der Waals surface area contributed by atoms with Gasteiger partial charge < -0.3 is 37.2 Å². The molecule has 0 saturated carbocycles. The highest BCUT2D eigenvalue weighted by atomic mass is 16.5. The fraction of sp³-hybridized carbons (Fsp3) is 0.433. The van der Waals surface area contributed by atoms with E-state index in [0.717, 1.165) is 16.0 Å². The second-order valence-corrected chi connectivity index (χ2v) is 12.7. The van der Waals surface area contributed by atoms with E-state index in [1.54, 1.807) is 36.4 Å². The number of aliphatic hydroxyl groups is 2. The number of imide groups is 1. The summed E-state index contributed by atoms with van der Waals surface area (Å²) in [6.07, 6.45) is 0. The maximum atomic E-state index is 13.7. The zero-order valence-corrected chi connectivity index (χ0v) is 25.0. The first-order valence-electron chi connectivity index (χ1n) is 14.4. The van der Waals surface area contributed by atoms with Crippen LogP contribution >= 0.6 is 0 Å². The van der Waals surface area contributed by atoms with Crippen LogP contribution in [0, 0.1) is 6.92 Å². The van der Waals surface area contributed by atoms with Gasteiger partial charge in [-0.3, -0.25) is 19.4 Å². The Hall–Kier alpha value is -4.69. The summed E-state index contributed by atoms with van der Waals surface area (Å²) in [4.78, 5) is 52.8. The molecule has 0 aliphatic carbocycles. The summed E-state index contributed by atoms with van der Waals surface area (Å²) in [5.74, 6) is -3.80. The van der Waals surface area contributed by atoms with Crippen LogP contribution in [0.1, 0.15) is 42.3 Å². The summed E-state index contributed by atoms with van der Waals surface area (Å²) in [5, 5.41) is 29.4. The van der Waals surface area contributed by atoms with Crippen molar-refractivity contribution in [1.29, 1.82) is 0 Å². The van der Waals surface area contributed by atoms with Gasteiger partial charge in [0.25, 0.3) is 11.8 Å².